The number of hydrogen-bond acceptors (Lipinski definition) is 5. The highest BCUT2D eigenvalue weighted by atomic mass is 16.6. The van der Waals surface area contributed by atoms with E-state index in [4.69, 9.17) is 9.84 Å². The average molecular weight is 288 g/mol. The quantitative estimate of drug-likeness (QED) is 0.647. The lowest BCUT2D eigenvalue weighted by Crippen LogP contribution is -2.06. The predicted octanol–water partition coefficient (Wildman–Crippen LogP) is 3.05. The number of benzene rings is 2. The molecule has 2 aromatic rings. The minimum Gasteiger partial charge on any atom is -0.495 e. The van der Waals surface area contributed by atoms with Crippen molar-refractivity contribution in [3.05, 3.63) is 58.1 Å². The van der Waals surface area contributed by atoms with Crippen LogP contribution in [0.25, 0.3) is 0 Å². The number of nitrogens with one attached hydrogen (secondary N) is 1. The standard InChI is InChI=1S/C14H12N2O5/c1-21-12-8-3-2-6-10(12)15-11-7-4-5-9(14(17)18)13(11)16(19)20/h2-8,15H,1H3,(H,17,18). The van der Waals surface area contributed by atoms with Crippen LogP contribution in [-0.4, -0.2) is 23.1 Å². The molecule has 21 heavy (non-hydrogen) atoms. The molecule has 0 aromatic heterocycles. The fourth-order valence-electron chi connectivity index (χ4n) is 1.91. The summed E-state index contributed by atoms with van der Waals surface area (Å²) >= 11 is 0. The molecule has 0 saturated carbocycles. The highest BCUT2D eigenvalue weighted by Crippen LogP contribution is 2.34. The second-order valence-electron chi connectivity index (χ2n) is 4.09. The molecule has 2 aromatic carbocycles. The van der Waals surface area contributed by atoms with Crippen LogP contribution in [0.1, 0.15) is 10.4 Å². The van der Waals surface area contributed by atoms with E-state index in [0.29, 0.717) is 11.4 Å². The van der Waals surface area contributed by atoms with E-state index in [1.165, 1.54) is 25.3 Å². The monoisotopic (exact) mass is 288 g/mol. The molecule has 7 heteroatoms. The van der Waals surface area contributed by atoms with E-state index in [9.17, 15) is 14.9 Å². The van der Waals surface area contributed by atoms with Crippen LogP contribution in [-0.2, 0) is 0 Å². The molecule has 0 saturated heterocycles. The number of aromatic carboxylic acids is 1. The molecule has 2 rings (SSSR count). The van der Waals surface area contributed by atoms with Gasteiger partial charge in [-0.2, -0.15) is 0 Å². The summed E-state index contributed by atoms with van der Waals surface area (Å²) in [7, 11) is 1.47. The van der Waals surface area contributed by atoms with Gasteiger partial charge < -0.3 is 15.2 Å². The zero-order valence-electron chi connectivity index (χ0n) is 11.1. The molecule has 0 fully saturated rings. The van der Waals surface area contributed by atoms with Gasteiger partial charge in [0, 0.05) is 0 Å². The summed E-state index contributed by atoms with van der Waals surface area (Å²) in [6.07, 6.45) is 0. The topological polar surface area (TPSA) is 102 Å². The van der Waals surface area contributed by atoms with E-state index in [-0.39, 0.29) is 11.3 Å². The normalized spacial score (nSPS) is 9.95. The molecule has 0 aliphatic heterocycles. The Morgan fingerprint density at radius 2 is 1.86 bits per heavy atom. The highest BCUT2D eigenvalue weighted by Gasteiger charge is 2.24. The van der Waals surface area contributed by atoms with Crippen molar-refractivity contribution < 1.29 is 19.6 Å². The molecule has 7 nitrogen and oxygen atoms in total. The summed E-state index contributed by atoms with van der Waals surface area (Å²) in [6, 6.07) is 10.9. The number of carbonyl (C=O) groups is 1. The molecule has 0 spiro atoms. The maximum absolute atomic E-state index is 11.2. The Kier molecular flexibility index (Phi) is 4.03. The molecule has 0 unspecified atom stereocenters. The zero-order chi connectivity index (χ0) is 15.4. The molecule has 2 N–H and O–H groups in total. The minimum atomic E-state index is -1.36. The molecule has 0 heterocycles. The van der Waals surface area contributed by atoms with Gasteiger partial charge in [-0.25, -0.2) is 4.79 Å². The summed E-state index contributed by atoms with van der Waals surface area (Å²) in [5, 5.41) is 23.1. The van der Waals surface area contributed by atoms with E-state index < -0.39 is 16.6 Å². The first-order valence-electron chi connectivity index (χ1n) is 5.95. The van der Waals surface area contributed by atoms with Crippen molar-refractivity contribution in [3.8, 4) is 5.75 Å². The Bertz CT molecular complexity index is 700. The molecule has 0 radical (unpaired) electrons. The number of carboxylic acids is 1. The van der Waals surface area contributed by atoms with Gasteiger partial charge >= 0.3 is 11.7 Å². The lowest BCUT2D eigenvalue weighted by molar-refractivity contribution is -0.384. The maximum Gasteiger partial charge on any atom is 0.342 e. The van der Waals surface area contributed by atoms with Crippen LogP contribution in [0, 0.1) is 10.1 Å². The lowest BCUT2D eigenvalue weighted by Gasteiger charge is -2.11. The second kappa shape index (κ2) is 5.91. The van der Waals surface area contributed by atoms with Gasteiger partial charge in [-0.3, -0.25) is 10.1 Å². The molecular formula is C14H12N2O5. The Balaban J connectivity index is 2.52. The highest BCUT2D eigenvalue weighted by molar-refractivity contribution is 5.96. The van der Waals surface area contributed by atoms with Crippen molar-refractivity contribution in [3.63, 3.8) is 0 Å². The smallest absolute Gasteiger partial charge is 0.342 e. The number of nitrogens with zero attached hydrogens (tertiary/aromatic N) is 1. The maximum atomic E-state index is 11.2. The summed E-state index contributed by atoms with van der Waals surface area (Å²) in [4.78, 5) is 21.5. The number of nitro benzene ring substituents is 1. The fraction of sp³-hybridized carbons (Fsp3) is 0.0714. The van der Waals surface area contributed by atoms with Crippen LogP contribution in [0.3, 0.4) is 0 Å². The molecule has 0 aliphatic rings. The number of ether oxygens (including phenoxy) is 1. The molecule has 108 valence electrons. The van der Waals surface area contributed by atoms with Crippen LogP contribution in [0.5, 0.6) is 5.75 Å². The Morgan fingerprint density at radius 1 is 1.19 bits per heavy atom. The van der Waals surface area contributed by atoms with Gasteiger partial charge in [-0.15, -0.1) is 0 Å². The largest absolute Gasteiger partial charge is 0.495 e. The third-order valence-electron chi connectivity index (χ3n) is 2.83. The van der Waals surface area contributed by atoms with Crippen LogP contribution in [0.15, 0.2) is 42.5 Å². The van der Waals surface area contributed by atoms with Crippen LogP contribution in [0.2, 0.25) is 0 Å². The summed E-state index contributed by atoms with van der Waals surface area (Å²) in [6.45, 7) is 0. The van der Waals surface area contributed by atoms with E-state index in [1.54, 1.807) is 24.3 Å². The Hall–Kier alpha value is -3.09. The summed E-state index contributed by atoms with van der Waals surface area (Å²) in [5.74, 6) is -0.863. The van der Waals surface area contributed by atoms with Crippen LogP contribution < -0.4 is 10.1 Å². The SMILES string of the molecule is COc1ccccc1Nc1cccc(C(=O)O)c1[N+](=O)[O-]. The Morgan fingerprint density at radius 3 is 2.48 bits per heavy atom. The van der Waals surface area contributed by atoms with Gasteiger partial charge in [0.05, 0.1) is 17.7 Å². The van der Waals surface area contributed by atoms with E-state index >= 15 is 0 Å². The fourth-order valence-corrected chi connectivity index (χ4v) is 1.91. The third kappa shape index (κ3) is 2.92. The molecular weight excluding hydrogens is 276 g/mol. The van der Waals surface area contributed by atoms with Crippen LogP contribution >= 0.6 is 0 Å². The average Bonchev–Trinajstić information content (AvgIpc) is 2.47. The number of hydrogen-bond donors (Lipinski definition) is 2. The summed E-state index contributed by atoms with van der Waals surface area (Å²) < 4.78 is 5.15. The number of nitro groups is 1. The number of anilines is 2. The first-order valence-corrected chi connectivity index (χ1v) is 5.95. The second-order valence-corrected chi connectivity index (χ2v) is 4.09. The number of methoxy groups -OCH3 is 1. The van der Waals surface area contributed by atoms with Crippen molar-refractivity contribution in [1.29, 1.82) is 0 Å². The van der Waals surface area contributed by atoms with Crippen molar-refractivity contribution in [2.24, 2.45) is 0 Å². The van der Waals surface area contributed by atoms with Gasteiger partial charge in [0.1, 0.15) is 17.0 Å². The van der Waals surface area contributed by atoms with Gasteiger partial charge in [0.25, 0.3) is 0 Å². The first-order chi connectivity index (χ1) is 10.0. The summed E-state index contributed by atoms with van der Waals surface area (Å²) in [5.41, 5.74) is -0.272. The van der Waals surface area contributed by atoms with E-state index in [2.05, 4.69) is 5.32 Å². The van der Waals surface area contributed by atoms with Gasteiger partial charge in [-0.05, 0) is 24.3 Å². The predicted molar refractivity (Wildman–Crippen MR) is 76.3 cm³/mol. The van der Waals surface area contributed by atoms with Crippen molar-refractivity contribution in [1.82, 2.24) is 0 Å². The molecule has 0 aliphatic carbocycles. The van der Waals surface area contributed by atoms with Crippen LogP contribution in [0.4, 0.5) is 17.1 Å². The number of carboxylic acid groups (broad SMARTS) is 1. The van der Waals surface area contributed by atoms with Crippen molar-refractivity contribution >= 4 is 23.0 Å². The molecule has 0 amide bonds. The van der Waals surface area contributed by atoms with Crippen molar-refractivity contribution in [2.45, 2.75) is 0 Å². The van der Waals surface area contributed by atoms with E-state index in [1.807, 2.05) is 0 Å². The van der Waals surface area contributed by atoms with Gasteiger partial charge in [0.15, 0.2) is 0 Å². The minimum absolute atomic E-state index is 0.0874. The van der Waals surface area contributed by atoms with Gasteiger partial charge in [-0.1, -0.05) is 18.2 Å². The van der Waals surface area contributed by atoms with Gasteiger partial charge in [0.2, 0.25) is 0 Å². The lowest BCUT2D eigenvalue weighted by atomic mass is 10.1. The number of rotatable bonds is 5. The number of para-hydroxylation sites is 3. The molecule has 0 bridgehead atoms. The van der Waals surface area contributed by atoms with Crippen molar-refractivity contribution in [2.75, 3.05) is 12.4 Å². The van der Waals surface area contributed by atoms with E-state index in [0.717, 1.165) is 0 Å². The first kappa shape index (κ1) is 14.3. The Labute approximate surface area is 119 Å². The zero-order valence-corrected chi connectivity index (χ0v) is 11.1. The molecule has 0 atom stereocenters. The third-order valence-corrected chi connectivity index (χ3v) is 2.83.